The summed E-state index contributed by atoms with van der Waals surface area (Å²) in [4.78, 5) is 0. The van der Waals surface area contributed by atoms with E-state index in [1.165, 1.54) is 0 Å². The minimum Gasteiger partial charge on any atom is -0.508 e. The highest BCUT2D eigenvalue weighted by Gasteiger charge is 2.45. The number of hydrogen-bond acceptors (Lipinski definition) is 4. The predicted molar refractivity (Wildman–Crippen MR) is 85.8 cm³/mol. The zero-order valence-corrected chi connectivity index (χ0v) is 13.0. The predicted octanol–water partition coefficient (Wildman–Crippen LogP) is 3.74. The summed E-state index contributed by atoms with van der Waals surface area (Å²) in [5, 5.41) is 19.4. The van der Waals surface area contributed by atoms with Crippen molar-refractivity contribution in [2.75, 3.05) is 7.11 Å². The van der Waals surface area contributed by atoms with Crippen LogP contribution in [0.25, 0.3) is 0 Å². The standard InChI is InChI=1S/C19H20O4/c1-22-14-9-15-16-8-13(21)6-7-18(16)23-19(17(15)10-14)11-2-4-12(20)5-3-11/h2-8,14-15,17,19-21H,9-10H2,1H3/t14?,15-,17?,19?/m1/s1. The van der Waals surface area contributed by atoms with Crippen LogP contribution in [0, 0.1) is 5.92 Å². The summed E-state index contributed by atoms with van der Waals surface area (Å²) in [7, 11) is 1.75. The van der Waals surface area contributed by atoms with E-state index in [0.29, 0.717) is 11.8 Å². The Balaban J connectivity index is 1.76. The lowest BCUT2D eigenvalue weighted by atomic mass is 9.80. The average Bonchev–Trinajstić information content (AvgIpc) is 3.00. The van der Waals surface area contributed by atoms with Crippen LogP contribution in [0.3, 0.4) is 0 Å². The van der Waals surface area contributed by atoms with Gasteiger partial charge >= 0.3 is 0 Å². The van der Waals surface area contributed by atoms with Crippen LogP contribution in [0.1, 0.15) is 36.0 Å². The van der Waals surface area contributed by atoms with E-state index in [1.807, 2.05) is 24.3 Å². The van der Waals surface area contributed by atoms with Gasteiger partial charge in [0.15, 0.2) is 0 Å². The summed E-state index contributed by atoms with van der Waals surface area (Å²) in [5.41, 5.74) is 2.14. The lowest BCUT2D eigenvalue weighted by molar-refractivity contribution is 0.0804. The smallest absolute Gasteiger partial charge is 0.127 e. The third-order valence-corrected chi connectivity index (χ3v) is 5.16. The molecule has 0 radical (unpaired) electrons. The molecule has 2 aromatic carbocycles. The fourth-order valence-corrected chi connectivity index (χ4v) is 4.04. The van der Waals surface area contributed by atoms with Gasteiger partial charge < -0.3 is 19.7 Å². The molecule has 2 aromatic rings. The summed E-state index contributed by atoms with van der Waals surface area (Å²) in [6.07, 6.45) is 2.02. The molecule has 1 fully saturated rings. The van der Waals surface area contributed by atoms with Crippen molar-refractivity contribution < 1.29 is 19.7 Å². The van der Waals surface area contributed by atoms with E-state index in [-0.39, 0.29) is 23.7 Å². The van der Waals surface area contributed by atoms with Crippen molar-refractivity contribution in [3.63, 3.8) is 0 Å². The first-order chi connectivity index (χ1) is 11.2. The molecule has 1 aliphatic carbocycles. The molecule has 2 aliphatic rings. The molecule has 4 nitrogen and oxygen atoms in total. The SMILES string of the molecule is COC1CC2C(c3ccc(O)cc3)Oc3ccc(O)cc3[C@H]2C1. The van der Waals surface area contributed by atoms with Gasteiger partial charge in [0, 0.05) is 18.6 Å². The molecule has 23 heavy (non-hydrogen) atoms. The molecule has 0 amide bonds. The molecule has 0 bridgehead atoms. The zero-order valence-electron chi connectivity index (χ0n) is 13.0. The van der Waals surface area contributed by atoms with Crippen LogP contribution in [0.4, 0.5) is 0 Å². The molecular weight excluding hydrogens is 292 g/mol. The number of phenolic OH excluding ortho intramolecular Hbond substituents is 2. The van der Waals surface area contributed by atoms with E-state index < -0.39 is 0 Å². The highest BCUT2D eigenvalue weighted by Crippen LogP contribution is 2.54. The Bertz CT molecular complexity index is 710. The highest BCUT2D eigenvalue weighted by molar-refractivity contribution is 5.46. The van der Waals surface area contributed by atoms with Gasteiger partial charge in [0.05, 0.1) is 6.10 Å². The van der Waals surface area contributed by atoms with E-state index in [1.54, 1.807) is 25.3 Å². The van der Waals surface area contributed by atoms with Crippen LogP contribution in [0.5, 0.6) is 17.2 Å². The molecule has 1 saturated carbocycles. The molecule has 2 N–H and O–H groups in total. The van der Waals surface area contributed by atoms with E-state index >= 15 is 0 Å². The second kappa shape index (κ2) is 5.46. The van der Waals surface area contributed by atoms with Crippen molar-refractivity contribution >= 4 is 0 Å². The Morgan fingerprint density at radius 1 is 1.00 bits per heavy atom. The van der Waals surface area contributed by atoms with Gasteiger partial charge in [-0.2, -0.15) is 0 Å². The number of fused-ring (bicyclic) bond motifs is 3. The van der Waals surface area contributed by atoms with Crippen LogP contribution in [-0.4, -0.2) is 23.4 Å². The first-order valence-corrected chi connectivity index (χ1v) is 7.97. The molecule has 4 rings (SSSR count). The number of ether oxygens (including phenoxy) is 2. The van der Waals surface area contributed by atoms with E-state index in [9.17, 15) is 10.2 Å². The van der Waals surface area contributed by atoms with Gasteiger partial charge in [0.2, 0.25) is 0 Å². The molecule has 1 heterocycles. The number of aromatic hydroxyl groups is 2. The number of benzene rings is 2. The van der Waals surface area contributed by atoms with Crippen LogP contribution < -0.4 is 4.74 Å². The maximum absolute atomic E-state index is 9.83. The van der Waals surface area contributed by atoms with Gasteiger partial charge in [-0.15, -0.1) is 0 Å². The van der Waals surface area contributed by atoms with Crippen LogP contribution in [0.2, 0.25) is 0 Å². The molecule has 4 atom stereocenters. The van der Waals surface area contributed by atoms with Gasteiger partial charge in [-0.25, -0.2) is 0 Å². The Hall–Kier alpha value is -2.20. The first-order valence-electron chi connectivity index (χ1n) is 7.97. The topological polar surface area (TPSA) is 58.9 Å². The Kier molecular flexibility index (Phi) is 3.42. The third-order valence-electron chi connectivity index (χ3n) is 5.16. The quantitative estimate of drug-likeness (QED) is 0.887. The lowest BCUT2D eigenvalue weighted by Gasteiger charge is -2.36. The van der Waals surface area contributed by atoms with Gasteiger partial charge in [-0.3, -0.25) is 0 Å². The third kappa shape index (κ3) is 2.43. The van der Waals surface area contributed by atoms with Crippen LogP contribution >= 0.6 is 0 Å². The Morgan fingerprint density at radius 2 is 1.74 bits per heavy atom. The number of phenols is 2. The monoisotopic (exact) mass is 312 g/mol. The molecular formula is C19H20O4. The molecule has 3 unspecified atom stereocenters. The fourth-order valence-electron chi connectivity index (χ4n) is 4.04. The normalized spacial score (nSPS) is 28.7. The highest BCUT2D eigenvalue weighted by atomic mass is 16.5. The number of hydrogen-bond donors (Lipinski definition) is 2. The molecule has 0 spiro atoms. The summed E-state index contributed by atoms with van der Waals surface area (Å²) < 4.78 is 11.9. The van der Waals surface area contributed by atoms with Gasteiger partial charge in [-0.1, -0.05) is 12.1 Å². The molecule has 0 saturated heterocycles. The van der Waals surface area contributed by atoms with Gasteiger partial charge in [0.1, 0.15) is 23.4 Å². The fraction of sp³-hybridized carbons (Fsp3) is 0.368. The summed E-state index contributed by atoms with van der Waals surface area (Å²) >= 11 is 0. The van der Waals surface area contributed by atoms with Crippen LogP contribution in [-0.2, 0) is 4.74 Å². The maximum Gasteiger partial charge on any atom is 0.127 e. The van der Waals surface area contributed by atoms with Crippen molar-refractivity contribution in [1.29, 1.82) is 0 Å². The Labute approximate surface area is 135 Å². The van der Waals surface area contributed by atoms with E-state index in [2.05, 4.69) is 0 Å². The zero-order chi connectivity index (χ0) is 16.0. The van der Waals surface area contributed by atoms with Crippen LogP contribution in [0.15, 0.2) is 42.5 Å². The molecule has 120 valence electrons. The summed E-state index contributed by atoms with van der Waals surface area (Å²) in [6, 6.07) is 12.6. The van der Waals surface area contributed by atoms with E-state index in [0.717, 1.165) is 29.7 Å². The second-order valence-corrected chi connectivity index (χ2v) is 6.45. The largest absolute Gasteiger partial charge is 0.508 e. The first kappa shape index (κ1) is 14.4. The van der Waals surface area contributed by atoms with E-state index in [4.69, 9.17) is 9.47 Å². The second-order valence-electron chi connectivity index (χ2n) is 6.45. The summed E-state index contributed by atoms with van der Waals surface area (Å²) in [6.45, 7) is 0. The van der Waals surface area contributed by atoms with Crippen molar-refractivity contribution in [3.05, 3.63) is 53.6 Å². The van der Waals surface area contributed by atoms with Crippen molar-refractivity contribution in [2.45, 2.75) is 31.0 Å². The van der Waals surface area contributed by atoms with Crippen molar-refractivity contribution in [1.82, 2.24) is 0 Å². The molecule has 1 aliphatic heterocycles. The minimum atomic E-state index is -0.0576. The van der Waals surface area contributed by atoms with Gasteiger partial charge in [-0.05, 0) is 54.7 Å². The minimum absolute atomic E-state index is 0.0576. The lowest BCUT2D eigenvalue weighted by Crippen LogP contribution is -2.26. The summed E-state index contributed by atoms with van der Waals surface area (Å²) in [5.74, 6) is 1.98. The van der Waals surface area contributed by atoms with Crippen molar-refractivity contribution in [2.24, 2.45) is 5.92 Å². The average molecular weight is 312 g/mol. The number of methoxy groups -OCH3 is 1. The number of rotatable bonds is 2. The maximum atomic E-state index is 9.83. The van der Waals surface area contributed by atoms with Gasteiger partial charge in [0.25, 0.3) is 0 Å². The van der Waals surface area contributed by atoms with Crippen molar-refractivity contribution in [3.8, 4) is 17.2 Å². The molecule has 0 aromatic heterocycles. The molecule has 4 heteroatoms. The Morgan fingerprint density at radius 3 is 2.48 bits per heavy atom.